The van der Waals surface area contributed by atoms with E-state index in [4.69, 9.17) is 14.9 Å². The lowest BCUT2D eigenvalue weighted by atomic mass is 10.0. The molecular weight excluding hydrogens is 220 g/mol. The van der Waals surface area contributed by atoms with Crippen LogP contribution in [0.5, 0.6) is 0 Å². The highest BCUT2D eigenvalue weighted by atomic mass is 16.5. The summed E-state index contributed by atoms with van der Waals surface area (Å²) in [6.07, 6.45) is 1.63. The van der Waals surface area contributed by atoms with Crippen LogP contribution in [0.3, 0.4) is 0 Å². The van der Waals surface area contributed by atoms with Gasteiger partial charge in [-0.1, -0.05) is 0 Å². The molecule has 1 fully saturated rings. The van der Waals surface area contributed by atoms with Crippen molar-refractivity contribution in [1.29, 1.82) is 0 Å². The third-order valence-electron chi connectivity index (χ3n) is 3.19. The number of amides is 1. The van der Waals surface area contributed by atoms with Crippen LogP contribution in [0.4, 0.5) is 0 Å². The molecule has 2 rings (SSSR count). The smallest absolute Gasteiger partial charge is 0.229 e. The molecule has 0 aromatic carbocycles. The Bertz CT molecular complexity index is 402. The minimum Gasteiger partial charge on any atom is -0.469 e. The Morgan fingerprint density at radius 2 is 2.35 bits per heavy atom. The third kappa shape index (κ3) is 2.50. The highest BCUT2D eigenvalue weighted by molar-refractivity contribution is 5.79. The van der Waals surface area contributed by atoms with E-state index in [-0.39, 0.29) is 17.9 Å². The van der Waals surface area contributed by atoms with Crippen LogP contribution in [-0.4, -0.2) is 37.1 Å². The quantitative estimate of drug-likeness (QED) is 0.833. The predicted molar refractivity (Wildman–Crippen MR) is 62.2 cm³/mol. The normalized spacial score (nSPS) is 23.9. The molecule has 0 saturated carbocycles. The van der Waals surface area contributed by atoms with Crippen molar-refractivity contribution in [2.24, 2.45) is 11.7 Å². The number of aryl methyl sites for hydroxylation is 1. The molecule has 2 N–H and O–H groups in total. The Morgan fingerprint density at radius 3 is 2.88 bits per heavy atom. The summed E-state index contributed by atoms with van der Waals surface area (Å²) >= 11 is 0. The monoisotopic (exact) mass is 238 g/mol. The summed E-state index contributed by atoms with van der Waals surface area (Å²) in [5, 5.41) is 0. The number of hydrogen-bond donors (Lipinski definition) is 1. The molecule has 5 heteroatoms. The van der Waals surface area contributed by atoms with Crippen LogP contribution in [0, 0.1) is 12.8 Å². The summed E-state index contributed by atoms with van der Waals surface area (Å²) in [6.45, 7) is 3.33. The van der Waals surface area contributed by atoms with Crippen LogP contribution in [0.1, 0.15) is 11.3 Å². The van der Waals surface area contributed by atoms with Gasteiger partial charge in [0.1, 0.15) is 5.76 Å². The summed E-state index contributed by atoms with van der Waals surface area (Å²) in [5.41, 5.74) is 6.85. The molecule has 2 unspecified atom stereocenters. The van der Waals surface area contributed by atoms with Crippen molar-refractivity contribution >= 4 is 5.91 Å². The van der Waals surface area contributed by atoms with Crippen LogP contribution in [-0.2, 0) is 16.1 Å². The molecule has 1 aliphatic rings. The molecule has 94 valence electrons. The van der Waals surface area contributed by atoms with E-state index in [1.54, 1.807) is 18.2 Å². The zero-order valence-electron chi connectivity index (χ0n) is 10.2. The van der Waals surface area contributed by atoms with Gasteiger partial charge in [0.2, 0.25) is 5.91 Å². The van der Waals surface area contributed by atoms with Crippen LogP contribution >= 0.6 is 0 Å². The second kappa shape index (κ2) is 4.89. The van der Waals surface area contributed by atoms with Gasteiger partial charge < -0.3 is 19.8 Å². The molecule has 1 amide bonds. The first kappa shape index (κ1) is 12.1. The zero-order chi connectivity index (χ0) is 12.4. The van der Waals surface area contributed by atoms with Gasteiger partial charge in [-0.3, -0.25) is 4.79 Å². The van der Waals surface area contributed by atoms with Gasteiger partial charge in [0.25, 0.3) is 0 Å². The molecule has 1 aliphatic heterocycles. The SMILES string of the molecule is Cc1occc1CN(C)C(=O)C1COCC1N. The number of furan rings is 1. The number of carbonyl (C=O) groups is 1. The van der Waals surface area contributed by atoms with Gasteiger partial charge in [0.05, 0.1) is 25.4 Å². The van der Waals surface area contributed by atoms with Crippen LogP contribution in [0.15, 0.2) is 16.7 Å². The van der Waals surface area contributed by atoms with Gasteiger partial charge in [-0.15, -0.1) is 0 Å². The van der Waals surface area contributed by atoms with E-state index >= 15 is 0 Å². The summed E-state index contributed by atoms with van der Waals surface area (Å²) in [5.74, 6) is 0.666. The second-order valence-electron chi connectivity index (χ2n) is 4.50. The van der Waals surface area contributed by atoms with E-state index in [0.717, 1.165) is 11.3 Å². The topological polar surface area (TPSA) is 68.7 Å². The van der Waals surface area contributed by atoms with Gasteiger partial charge in [-0.25, -0.2) is 0 Å². The molecule has 1 saturated heterocycles. The van der Waals surface area contributed by atoms with Crippen LogP contribution < -0.4 is 5.73 Å². The van der Waals surface area contributed by atoms with Crippen molar-refractivity contribution in [3.63, 3.8) is 0 Å². The van der Waals surface area contributed by atoms with E-state index in [1.807, 2.05) is 13.0 Å². The van der Waals surface area contributed by atoms with Crippen molar-refractivity contribution in [2.75, 3.05) is 20.3 Å². The summed E-state index contributed by atoms with van der Waals surface area (Å²) in [7, 11) is 1.78. The van der Waals surface area contributed by atoms with E-state index in [0.29, 0.717) is 19.8 Å². The number of hydrogen-bond acceptors (Lipinski definition) is 4. The Balaban J connectivity index is 1.98. The predicted octanol–water partition coefficient (Wildman–Crippen LogP) is 0.520. The zero-order valence-corrected chi connectivity index (χ0v) is 10.2. The number of rotatable bonds is 3. The van der Waals surface area contributed by atoms with Crippen molar-refractivity contribution in [2.45, 2.75) is 19.5 Å². The number of ether oxygens (including phenoxy) is 1. The lowest BCUT2D eigenvalue weighted by molar-refractivity contribution is -0.135. The minimum absolute atomic E-state index is 0.0376. The minimum atomic E-state index is -0.216. The van der Waals surface area contributed by atoms with E-state index in [1.165, 1.54) is 0 Å². The lowest BCUT2D eigenvalue weighted by Crippen LogP contribution is -2.41. The van der Waals surface area contributed by atoms with Crippen molar-refractivity contribution in [3.8, 4) is 0 Å². The number of nitrogens with two attached hydrogens (primary N) is 1. The summed E-state index contributed by atoms with van der Waals surface area (Å²) in [6, 6.07) is 1.69. The molecule has 5 nitrogen and oxygen atoms in total. The van der Waals surface area contributed by atoms with E-state index < -0.39 is 0 Å². The molecule has 1 aromatic rings. The molecule has 1 aromatic heterocycles. The molecule has 0 aliphatic carbocycles. The third-order valence-corrected chi connectivity index (χ3v) is 3.19. The van der Waals surface area contributed by atoms with E-state index in [2.05, 4.69) is 0 Å². The maximum atomic E-state index is 12.1. The van der Waals surface area contributed by atoms with Crippen molar-refractivity contribution in [1.82, 2.24) is 4.90 Å². The summed E-state index contributed by atoms with van der Waals surface area (Å²) in [4.78, 5) is 13.8. The van der Waals surface area contributed by atoms with Crippen LogP contribution in [0.25, 0.3) is 0 Å². The molecule has 17 heavy (non-hydrogen) atoms. The van der Waals surface area contributed by atoms with Gasteiger partial charge in [0.15, 0.2) is 0 Å². The number of carbonyl (C=O) groups excluding carboxylic acids is 1. The van der Waals surface area contributed by atoms with Crippen molar-refractivity contribution in [3.05, 3.63) is 23.7 Å². The summed E-state index contributed by atoms with van der Waals surface area (Å²) < 4.78 is 10.4. The highest BCUT2D eigenvalue weighted by Gasteiger charge is 2.33. The first-order valence-electron chi connectivity index (χ1n) is 5.71. The van der Waals surface area contributed by atoms with Crippen LogP contribution in [0.2, 0.25) is 0 Å². The Morgan fingerprint density at radius 1 is 1.59 bits per heavy atom. The first-order valence-corrected chi connectivity index (χ1v) is 5.71. The standard InChI is InChI=1S/C12H18N2O3/c1-8-9(3-4-17-8)5-14(2)12(15)10-6-16-7-11(10)13/h3-4,10-11H,5-7,13H2,1-2H3. The highest BCUT2D eigenvalue weighted by Crippen LogP contribution is 2.17. The fourth-order valence-electron chi connectivity index (χ4n) is 2.02. The second-order valence-corrected chi connectivity index (χ2v) is 4.50. The molecule has 0 radical (unpaired) electrons. The number of nitrogens with zero attached hydrogens (tertiary/aromatic N) is 1. The fraction of sp³-hybridized carbons (Fsp3) is 0.583. The van der Waals surface area contributed by atoms with E-state index in [9.17, 15) is 4.79 Å². The Hall–Kier alpha value is -1.33. The Labute approximate surface area is 101 Å². The maximum absolute atomic E-state index is 12.1. The molecule has 2 heterocycles. The fourth-order valence-corrected chi connectivity index (χ4v) is 2.02. The molecule has 0 spiro atoms. The van der Waals surface area contributed by atoms with Gasteiger partial charge in [-0.2, -0.15) is 0 Å². The molecule has 2 atom stereocenters. The van der Waals surface area contributed by atoms with Gasteiger partial charge in [0, 0.05) is 25.2 Å². The first-order chi connectivity index (χ1) is 8.09. The average Bonchev–Trinajstić information content (AvgIpc) is 2.88. The van der Waals surface area contributed by atoms with Gasteiger partial charge >= 0.3 is 0 Å². The largest absolute Gasteiger partial charge is 0.469 e. The average molecular weight is 238 g/mol. The Kier molecular flexibility index (Phi) is 3.49. The van der Waals surface area contributed by atoms with Gasteiger partial charge in [-0.05, 0) is 13.0 Å². The molecule has 0 bridgehead atoms. The van der Waals surface area contributed by atoms with Crippen molar-refractivity contribution < 1.29 is 13.9 Å². The lowest BCUT2D eigenvalue weighted by Gasteiger charge is -2.22. The maximum Gasteiger partial charge on any atom is 0.229 e. The molecular formula is C12H18N2O3.